The first kappa shape index (κ1) is 18.0. The quantitative estimate of drug-likeness (QED) is 0.632. The summed E-state index contributed by atoms with van der Waals surface area (Å²) in [4.78, 5) is 12.5. The number of carbonyl (C=O) groups excluding carboxylic acids is 1. The predicted molar refractivity (Wildman–Crippen MR) is 96.7 cm³/mol. The summed E-state index contributed by atoms with van der Waals surface area (Å²) in [5, 5.41) is 3.15. The molecule has 1 aromatic carbocycles. The maximum absolute atomic E-state index is 11.9. The van der Waals surface area contributed by atoms with E-state index in [0.717, 1.165) is 22.6 Å². The van der Waals surface area contributed by atoms with Crippen molar-refractivity contribution in [1.29, 1.82) is 0 Å². The maximum atomic E-state index is 11.9. The van der Waals surface area contributed by atoms with Gasteiger partial charge in [0.2, 0.25) is 0 Å². The first-order valence-corrected chi connectivity index (χ1v) is 8.03. The van der Waals surface area contributed by atoms with Gasteiger partial charge in [0.05, 0.1) is 31.5 Å². The Morgan fingerprint density at radius 3 is 2.67 bits per heavy atom. The Kier molecular flexibility index (Phi) is 5.98. The lowest BCUT2D eigenvalue weighted by Crippen LogP contribution is -2.15. The predicted octanol–water partition coefficient (Wildman–Crippen LogP) is 3.88. The summed E-state index contributed by atoms with van der Waals surface area (Å²) < 4.78 is 15.8. The molecule has 0 aliphatic heterocycles. The van der Waals surface area contributed by atoms with Gasteiger partial charge in [-0.1, -0.05) is 12.2 Å². The molecule has 0 spiro atoms. The van der Waals surface area contributed by atoms with Crippen molar-refractivity contribution < 1.29 is 18.7 Å². The van der Waals surface area contributed by atoms with Gasteiger partial charge in [-0.05, 0) is 45.0 Å². The second kappa shape index (κ2) is 7.97. The Balaban J connectivity index is 2.17. The number of rotatable bonds is 6. The number of furan rings is 1. The first-order chi connectivity index (χ1) is 11.4. The zero-order chi connectivity index (χ0) is 17.7. The summed E-state index contributed by atoms with van der Waals surface area (Å²) in [5.74, 6) is 1.09. The highest BCUT2D eigenvalue weighted by Crippen LogP contribution is 2.24. The molecule has 128 valence electrons. The second-order valence-electron chi connectivity index (χ2n) is 5.59. The second-order valence-corrected chi connectivity index (χ2v) is 5.99. The lowest BCUT2D eigenvalue weighted by Gasteiger charge is -2.13. The van der Waals surface area contributed by atoms with E-state index in [4.69, 9.17) is 26.1 Å². The van der Waals surface area contributed by atoms with E-state index in [1.807, 2.05) is 39.0 Å². The van der Waals surface area contributed by atoms with Gasteiger partial charge in [-0.2, -0.15) is 0 Å². The zero-order valence-electron chi connectivity index (χ0n) is 14.2. The Hall–Kier alpha value is -2.34. The van der Waals surface area contributed by atoms with Crippen molar-refractivity contribution in [2.75, 3.05) is 12.4 Å². The van der Waals surface area contributed by atoms with Crippen LogP contribution in [0.25, 0.3) is 0 Å². The molecule has 0 aliphatic rings. The van der Waals surface area contributed by atoms with Crippen LogP contribution in [0.3, 0.4) is 0 Å². The highest BCUT2D eigenvalue weighted by atomic mass is 32.1. The van der Waals surface area contributed by atoms with Gasteiger partial charge in [-0.15, -0.1) is 0 Å². The van der Waals surface area contributed by atoms with Gasteiger partial charge in [-0.25, -0.2) is 0 Å². The molecule has 5 nitrogen and oxygen atoms in total. The molecule has 1 N–H and O–H groups in total. The molecule has 0 amide bonds. The number of hydrogen-bond acceptors (Lipinski definition) is 5. The van der Waals surface area contributed by atoms with E-state index >= 15 is 0 Å². The number of methoxy groups -OCH3 is 1. The number of hydrogen-bond donors (Lipinski definition) is 1. The van der Waals surface area contributed by atoms with Gasteiger partial charge >= 0.3 is 5.97 Å². The van der Waals surface area contributed by atoms with E-state index in [-0.39, 0.29) is 18.5 Å². The molecule has 1 heterocycles. The van der Waals surface area contributed by atoms with Crippen molar-refractivity contribution in [1.82, 2.24) is 0 Å². The summed E-state index contributed by atoms with van der Waals surface area (Å²) in [6.45, 7) is 5.49. The van der Waals surface area contributed by atoms with Crippen molar-refractivity contribution >= 4 is 28.9 Å². The van der Waals surface area contributed by atoms with Crippen LogP contribution in [0.1, 0.15) is 30.7 Å². The van der Waals surface area contributed by atoms with Crippen LogP contribution in [0, 0.1) is 6.92 Å². The van der Waals surface area contributed by atoms with Crippen molar-refractivity contribution in [2.24, 2.45) is 0 Å². The number of anilines is 1. The molecule has 0 radical (unpaired) electrons. The maximum Gasteiger partial charge on any atom is 0.310 e. The van der Waals surface area contributed by atoms with E-state index in [1.165, 1.54) is 0 Å². The molecule has 0 saturated carbocycles. The van der Waals surface area contributed by atoms with Gasteiger partial charge in [0.25, 0.3) is 0 Å². The van der Waals surface area contributed by atoms with Gasteiger partial charge in [0.1, 0.15) is 16.5 Å². The van der Waals surface area contributed by atoms with E-state index in [2.05, 4.69) is 5.32 Å². The van der Waals surface area contributed by atoms with Crippen LogP contribution in [-0.2, 0) is 16.0 Å². The Labute approximate surface area is 146 Å². The summed E-state index contributed by atoms with van der Waals surface area (Å²) in [6.07, 6.45) is 1.58. The molecule has 0 atom stereocenters. The first-order valence-electron chi connectivity index (χ1n) is 7.62. The third kappa shape index (κ3) is 4.58. The normalized spacial score (nSPS) is 10.5. The molecule has 0 aliphatic carbocycles. The molecule has 0 fully saturated rings. The van der Waals surface area contributed by atoms with Crippen molar-refractivity contribution in [3.8, 4) is 5.75 Å². The summed E-state index contributed by atoms with van der Waals surface area (Å²) in [5.41, 5.74) is 2.34. The van der Waals surface area contributed by atoms with Crippen LogP contribution in [0.15, 0.2) is 34.9 Å². The van der Waals surface area contributed by atoms with E-state index in [1.54, 1.807) is 19.4 Å². The number of ether oxygens (including phenoxy) is 2. The highest BCUT2D eigenvalue weighted by Gasteiger charge is 2.14. The van der Waals surface area contributed by atoms with Crippen LogP contribution < -0.4 is 10.1 Å². The number of nitrogens with one attached hydrogen (secondary N) is 1. The van der Waals surface area contributed by atoms with Crippen LogP contribution >= 0.6 is 12.2 Å². The van der Waals surface area contributed by atoms with Crippen LogP contribution in [0.2, 0.25) is 0 Å². The molecule has 2 aromatic rings. The molecular formula is C18H21NO4S. The average molecular weight is 347 g/mol. The average Bonchev–Trinajstić information content (AvgIpc) is 2.93. The van der Waals surface area contributed by atoms with E-state index in [9.17, 15) is 4.79 Å². The fraction of sp³-hybridized carbons (Fsp3) is 0.333. The summed E-state index contributed by atoms with van der Waals surface area (Å²) in [6, 6.07) is 7.29. The number of benzene rings is 1. The SMILES string of the molecule is COc1ccc(NC(=S)c2ccoc2C)cc1CC(=O)OC(C)C. The lowest BCUT2D eigenvalue weighted by atomic mass is 10.1. The number of aryl methyl sites for hydroxylation is 1. The van der Waals surface area contributed by atoms with Crippen molar-refractivity contribution in [3.63, 3.8) is 0 Å². The Morgan fingerprint density at radius 1 is 1.33 bits per heavy atom. The van der Waals surface area contributed by atoms with Crippen molar-refractivity contribution in [3.05, 3.63) is 47.4 Å². The minimum atomic E-state index is -0.297. The van der Waals surface area contributed by atoms with Crippen LogP contribution in [0.5, 0.6) is 5.75 Å². The smallest absolute Gasteiger partial charge is 0.310 e. The van der Waals surface area contributed by atoms with Gasteiger partial charge < -0.3 is 19.2 Å². The summed E-state index contributed by atoms with van der Waals surface area (Å²) in [7, 11) is 1.57. The molecule has 0 saturated heterocycles. The fourth-order valence-corrected chi connectivity index (χ4v) is 2.60. The monoisotopic (exact) mass is 347 g/mol. The van der Waals surface area contributed by atoms with Crippen LogP contribution in [-0.4, -0.2) is 24.2 Å². The minimum Gasteiger partial charge on any atom is -0.496 e. The molecule has 0 unspecified atom stereocenters. The number of thiocarbonyl (C=S) groups is 1. The highest BCUT2D eigenvalue weighted by molar-refractivity contribution is 7.81. The molecule has 24 heavy (non-hydrogen) atoms. The molecular weight excluding hydrogens is 326 g/mol. The minimum absolute atomic E-state index is 0.133. The standard InChI is InChI=1S/C18H21NO4S/c1-11(2)23-17(20)10-13-9-14(5-6-16(13)21-4)19-18(24)15-7-8-22-12(15)3/h5-9,11H,10H2,1-4H3,(H,19,24). The third-order valence-electron chi connectivity index (χ3n) is 3.34. The molecule has 1 aromatic heterocycles. The summed E-state index contributed by atoms with van der Waals surface area (Å²) >= 11 is 5.40. The van der Waals surface area contributed by atoms with E-state index < -0.39 is 0 Å². The lowest BCUT2D eigenvalue weighted by molar-refractivity contribution is -0.146. The zero-order valence-corrected chi connectivity index (χ0v) is 15.0. The van der Waals surface area contributed by atoms with Gasteiger partial charge in [0, 0.05) is 11.3 Å². The third-order valence-corrected chi connectivity index (χ3v) is 3.67. The van der Waals surface area contributed by atoms with Crippen molar-refractivity contribution in [2.45, 2.75) is 33.3 Å². The number of carbonyl (C=O) groups is 1. The molecule has 2 rings (SSSR count). The largest absolute Gasteiger partial charge is 0.496 e. The Bertz CT molecular complexity index is 736. The molecule has 6 heteroatoms. The van der Waals surface area contributed by atoms with Gasteiger partial charge in [-0.3, -0.25) is 4.79 Å². The fourth-order valence-electron chi connectivity index (χ4n) is 2.27. The van der Waals surface area contributed by atoms with E-state index in [0.29, 0.717) is 10.7 Å². The topological polar surface area (TPSA) is 60.7 Å². The molecule has 0 bridgehead atoms. The number of esters is 1. The Morgan fingerprint density at radius 2 is 2.08 bits per heavy atom. The van der Waals surface area contributed by atoms with Gasteiger partial charge in [0.15, 0.2) is 0 Å². The van der Waals surface area contributed by atoms with Crippen LogP contribution in [0.4, 0.5) is 5.69 Å².